The maximum Gasteiger partial charge on any atom is 0.387 e. The van der Waals surface area contributed by atoms with Crippen LogP contribution in [0.2, 0.25) is 0 Å². The first kappa shape index (κ1) is 23.6. The van der Waals surface area contributed by atoms with Gasteiger partial charge in [0.2, 0.25) is 11.8 Å². The van der Waals surface area contributed by atoms with Gasteiger partial charge in [-0.25, -0.2) is 13.2 Å². The number of halogens is 5. The van der Waals surface area contributed by atoms with Gasteiger partial charge in [-0.15, -0.1) is 0 Å². The molecule has 2 rings (SSSR count). The Bertz CT molecular complexity index is 982. The highest BCUT2D eigenvalue weighted by Crippen LogP contribution is 2.30. The fraction of sp³-hybridized carbons (Fsp3) is 0.200. The number of nitrogens with one attached hydrogen (secondary N) is 2. The minimum absolute atomic E-state index is 0.0540. The molecule has 0 fully saturated rings. The number of carbonyl (C=O) groups excluding carboxylic acids is 2. The summed E-state index contributed by atoms with van der Waals surface area (Å²) in [5.74, 6) is -6.40. The van der Waals surface area contributed by atoms with E-state index in [0.717, 1.165) is 12.1 Å². The molecule has 2 N–H and O–H groups in total. The van der Waals surface area contributed by atoms with Crippen molar-refractivity contribution >= 4 is 23.6 Å². The van der Waals surface area contributed by atoms with Crippen LogP contribution in [0.5, 0.6) is 11.5 Å². The number of rotatable bonds is 9. The predicted molar refractivity (Wildman–Crippen MR) is 101 cm³/mol. The van der Waals surface area contributed by atoms with Gasteiger partial charge in [-0.3, -0.25) is 9.59 Å². The second-order valence-corrected chi connectivity index (χ2v) is 5.84. The maximum atomic E-state index is 13.5. The van der Waals surface area contributed by atoms with Gasteiger partial charge >= 0.3 is 6.61 Å². The van der Waals surface area contributed by atoms with Crippen LogP contribution in [-0.4, -0.2) is 31.6 Å². The second-order valence-electron chi connectivity index (χ2n) is 5.84. The summed E-state index contributed by atoms with van der Waals surface area (Å²) in [5.41, 5.74) is -0.156. The Kier molecular flexibility index (Phi) is 8.35. The molecule has 0 saturated heterocycles. The normalized spacial score (nSPS) is 10.9. The van der Waals surface area contributed by atoms with E-state index >= 15 is 0 Å². The molecule has 0 bridgehead atoms. The zero-order chi connectivity index (χ0) is 23.0. The van der Waals surface area contributed by atoms with E-state index in [1.165, 1.54) is 24.3 Å². The Balaban J connectivity index is 1.94. The van der Waals surface area contributed by atoms with Gasteiger partial charge in [-0.05, 0) is 42.8 Å². The SMILES string of the molecule is CCOc1cc(C=CC(=O)NCC(=O)Nc2ccc(F)c(F)c2F)ccc1OC(F)F. The smallest absolute Gasteiger partial charge is 0.387 e. The lowest BCUT2D eigenvalue weighted by Gasteiger charge is -2.11. The zero-order valence-electron chi connectivity index (χ0n) is 16.1. The molecule has 0 aliphatic carbocycles. The minimum atomic E-state index is -3.03. The Morgan fingerprint density at radius 1 is 1.06 bits per heavy atom. The van der Waals surface area contributed by atoms with Gasteiger partial charge in [0.25, 0.3) is 0 Å². The average Bonchev–Trinajstić information content (AvgIpc) is 2.72. The zero-order valence-corrected chi connectivity index (χ0v) is 16.1. The number of alkyl halides is 2. The number of hydrogen-bond donors (Lipinski definition) is 2. The van der Waals surface area contributed by atoms with Crippen molar-refractivity contribution in [3.8, 4) is 11.5 Å². The molecule has 6 nitrogen and oxygen atoms in total. The molecule has 0 radical (unpaired) electrons. The Morgan fingerprint density at radius 3 is 2.48 bits per heavy atom. The summed E-state index contributed by atoms with van der Waals surface area (Å²) < 4.78 is 73.9. The highest BCUT2D eigenvalue weighted by molar-refractivity contribution is 5.98. The second kappa shape index (κ2) is 11.0. The molecule has 2 aromatic rings. The first-order chi connectivity index (χ1) is 14.7. The minimum Gasteiger partial charge on any atom is -0.490 e. The largest absolute Gasteiger partial charge is 0.490 e. The van der Waals surface area contributed by atoms with Crippen molar-refractivity contribution in [1.82, 2.24) is 5.32 Å². The molecule has 0 aromatic heterocycles. The van der Waals surface area contributed by atoms with Crippen LogP contribution >= 0.6 is 0 Å². The van der Waals surface area contributed by atoms with Gasteiger partial charge in [-0.2, -0.15) is 8.78 Å². The fourth-order valence-corrected chi connectivity index (χ4v) is 2.31. The van der Waals surface area contributed by atoms with Gasteiger partial charge < -0.3 is 20.1 Å². The lowest BCUT2D eigenvalue weighted by molar-refractivity contribution is -0.121. The van der Waals surface area contributed by atoms with E-state index < -0.39 is 48.1 Å². The summed E-state index contributed by atoms with van der Waals surface area (Å²) >= 11 is 0. The molecule has 11 heteroatoms. The Hall–Kier alpha value is -3.63. The summed E-state index contributed by atoms with van der Waals surface area (Å²) in [4.78, 5) is 23.6. The molecular formula is C20H17F5N2O4. The number of amides is 2. The molecule has 2 amide bonds. The monoisotopic (exact) mass is 444 g/mol. The lowest BCUT2D eigenvalue weighted by atomic mass is 10.2. The maximum absolute atomic E-state index is 13.5. The molecule has 0 unspecified atom stereocenters. The number of anilines is 1. The molecular weight excluding hydrogens is 427 g/mol. The van der Waals surface area contributed by atoms with E-state index in [0.29, 0.717) is 11.6 Å². The highest BCUT2D eigenvalue weighted by atomic mass is 19.3. The van der Waals surface area contributed by atoms with Gasteiger partial charge in [0.1, 0.15) is 0 Å². The van der Waals surface area contributed by atoms with E-state index in [1.54, 1.807) is 6.92 Å². The number of ether oxygens (including phenoxy) is 2. The quantitative estimate of drug-likeness (QED) is 0.350. The molecule has 2 aromatic carbocycles. The van der Waals surface area contributed by atoms with Crippen LogP contribution in [-0.2, 0) is 9.59 Å². The van der Waals surface area contributed by atoms with E-state index in [-0.39, 0.29) is 18.1 Å². The number of carbonyl (C=O) groups is 2. The Morgan fingerprint density at radius 2 is 1.81 bits per heavy atom. The molecule has 0 heterocycles. The molecule has 0 atom stereocenters. The topological polar surface area (TPSA) is 76.7 Å². The summed E-state index contributed by atoms with van der Waals surface area (Å²) in [5, 5.41) is 4.21. The first-order valence-corrected chi connectivity index (χ1v) is 8.82. The van der Waals surface area contributed by atoms with Crippen LogP contribution < -0.4 is 20.1 Å². The van der Waals surface area contributed by atoms with Crippen molar-refractivity contribution in [2.24, 2.45) is 0 Å². The van der Waals surface area contributed by atoms with E-state index in [2.05, 4.69) is 10.1 Å². The molecule has 0 aliphatic rings. The van der Waals surface area contributed by atoms with E-state index in [9.17, 15) is 31.5 Å². The van der Waals surface area contributed by atoms with Gasteiger partial charge in [-0.1, -0.05) is 6.07 Å². The van der Waals surface area contributed by atoms with Crippen molar-refractivity contribution in [2.75, 3.05) is 18.5 Å². The van der Waals surface area contributed by atoms with Gasteiger partial charge in [0.15, 0.2) is 29.0 Å². The first-order valence-electron chi connectivity index (χ1n) is 8.82. The molecule has 0 aliphatic heterocycles. The third kappa shape index (κ3) is 6.98. The lowest BCUT2D eigenvalue weighted by Crippen LogP contribution is -2.32. The van der Waals surface area contributed by atoms with Crippen LogP contribution in [0.1, 0.15) is 12.5 Å². The molecule has 0 spiro atoms. The summed E-state index contributed by atoms with van der Waals surface area (Å²) in [6.07, 6.45) is 2.39. The van der Waals surface area contributed by atoms with Crippen LogP contribution in [0, 0.1) is 17.5 Å². The summed E-state index contributed by atoms with van der Waals surface area (Å²) in [6, 6.07) is 5.51. The number of hydrogen-bond acceptors (Lipinski definition) is 4. The van der Waals surface area contributed by atoms with Crippen LogP contribution in [0.3, 0.4) is 0 Å². The predicted octanol–water partition coefficient (Wildman–Crippen LogP) is 3.87. The van der Waals surface area contributed by atoms with Crippen LogP contribution in [0.15, 0.2) is 36.4 Å². The molecule has 0 saturated carbocycles. The molecule has 166 valence electrons. The average molecular weight is 444 g/mol. The van der Waals surface area contributed by atoms with Crippen LogP contribution in [0.25, 0.3) is 6.08 Å². The van der Waals surface area contributed by atoms with Crippen molar-refractivity contribution in [2.45, 2.75) is 13.5 Å². The summed E-state index contributed by atoms with van der Waals surface area (Å²) in [7, 11) is 0. The third-order valence-corrected chi connectivity index (χ3v) is 3.64. The highest BCUT2D eigenvalue weighted by Gasteiger charge is 2.15. The standard InChI is InChI=1S/C20H17F5N2O4/c1-2-30-15-9-11(3-7-14(15)31-20(24)25)4-8-16(28)26-10-17(29)27-13-6-5-12(21)18(22)19(13)23/h3-9,20H,2,10H2,1H3,(H,26,28)(H,27,29). The van der Waals surface area contributed by atoms with Gasteiger partial charge in [0, 0.05) is 6.08 Å². The van der Waals surface area contributed by atoms with E-state index in [4.69, 9.17) is 4.74 Å². The third-order valence-electron chi connectivity index (χ3n) is 3.64. The van der Waals surface area contributed by atoms with Crippen molar-refractivity contribution in [3.63, 3.8) is 0 Å². The fourth-order valence-electron chi connectivity index (χ4n) is 2.31. The Labute approximate surface area is 173 Å². The molecule has 31 heavy (non-hydrogen) atoms. The number of benzene rings is 2. The summed E-state index contributed by atoms with van der Waals surface area (Å²) in [6.45, 7) is -1.76. The van der Waals surface area contributed by atoms with Gasteiger partial charge in [0.05, 0.1) is 18.8 Å². The van der Waals surface area contributed by atoms with Crippen molar-refractivity contribution in [1.29, 1.82) is 0 Å². The van der Waals surface area contributed by atoms with Crippen molar-refractivity contribution in [3.05, 3.63) is 59.4 Å². The van der Waals surface area contributed by atoms with Crippen LogP contribution in [0.4, 0.5) is 27.6 Å². The van der Waals surface area contributed by atoms with Crippen molar-refractivity contribution < 1.29 is 41.0 Å². The van der Waals surface area contributed by atoms with E-state index in [1.807, 2.05) is 5.32 Å².